The molecule has 3 aromatic carbocycles. The van der Waals surface area contributed by atoms with Crippen LogP contribution in [0.3, 0.4) is 0 Å². The standard InChI is InChI=1S/C23H19F3N2O5S2/c24-23(25,26)15-5-4-8-19(11-15)35(31,32)28-13-17(14-34-18-6-2-1-3-7-18)33-21-10-9-16(12-20(21)28)27-22(29)30/h1-12,17,27H,13-14H2,(H,29,30). The van der Waals surface area contributed by atoms with Crippen LogP contribution < -0.4 is 14.4 Å². The van der Waals surface area contributed by atoms with Crippen molar-refractivity contribution in [3.63, 3.8) is 0 Å². The number of sulfonamides is 1. The zero-order valence-corrected chi connectivity index (χ0v) is 19.5. The molecule has 7 nitrogen and oxygen atoms in total. The highest BCUT2D eigenvalue weighted by atomic mass is 32.2. The number of nitrogens with one attached hydrogen (secondary N) is 1. The van der Waals surface area contributed by atoms with Crippen LogP contribution in [0.15, 0.2) is 82.6 Å². The van der Waals surface area contributed by atoms with Crippen molar-refractivity contribution < 1.29 is 36.2 Å². The van der Waals surface area contributed by atoms with Crippen LogP contribution in [-0.2, 0) is 16.2 Å². The van der Waals surface area contributed by atoms with E-state index >= 15 is 0 Å². The number of anilines is 2. The largest absolute Gasteiger partial charge is 0.485 e. The molecule has 0 saturated carbocycles. The Morgan fingerprint density at radius 1 is 1.09 bits per heavy atom. The van der Waals surface area contributed by atoms with Gasteiger partial charge < -0.3 is 9.84 Å². The minimum absolute atomic E-state index is 0.0228. The molecular formula is C23H19F3N2O5S2. The summed E-state index contributed by atoms with van der Waals surface area (Å²) in [5, 5.41) is 11.2. The number of rotatable bonds is 6. The molecule has 2 N–H and O–H groups in total. The lowest BCUT2D eigenvalue weighted by Crippen LogP contribution is -2.44. The Kier molecular flexibility index (Phi) is 6.86. The Hall–Kier alpha value is -3.38. The first-order valence-electron chi connectivity index (χ1n) is 10.2. The fourth-order valence-corrected chi connectivity index (χ4v) is 5.94. The molecule has 184 valence electrons. The fraction of sp³-hybridized carbons (Fsp3) is 0.174. The summed E-state index contributed by atoms with van der Waals surface area (Å²) in [6, 6.07) is 17.0. The van der Waals surface area contributed by atoms with Crippen molar-refractivity contribution in [1.82, 2.24) is 0 Å². The molecule has 3 aromatic rings. The predicted molar refractivity (Wildman–Crippen MR) is 126 cm³/mol. The molecule has 0 bridgehead atoms. The van der Waals surface area contributed by atoms with E-state index in [2.05, 4.69) is 5.32 Å². The van der Waals surface area contributed by atoms with Gasteiger partial charge in [-0.3, -0.25) is 9.62 Å². The van der Waals surface area contributed by atoms with Crippen LogP contribution in [0.5, 0.6) is 5.75 Å². The molecule has 1 unspecified atom stereocenters. The van der Waals surface area contributed by atoms with Gasteiger partial charge >= 0.3 is 12.3 Å². The van der Waals surface area contributed by atoms with Crippen molar-refractivity contribution >= 4 is 39.3 Å². The molecule has 35 heavy (non-hydrogen) atoms. The highest BCUT2D eigenvalue weighted by Crippen LogP contribution is 2.40. The average molecular weight is 525 g/mol. The van der Waals surface area contributed by atoms with E-state index in [9.17, 15) is 26.4 Å². The third-order valence-electron chi connectivity index (χ3n) is 5.07. The quantitative estimate of drug-likeness (QED) is 0.411. The van der Waals surface area contributed by atoms with Crippen LogP contribution in [-0.4, -0.2) is 38.0 Å². The second-order valence-electron chi connectivity index (χ2n) is 7.54. The number of carboxylic acid groups (broad SMARTS) is 1. The number of alkyl halides is 3. The molecule has 4 rings (SSSR count). The Morgan fingerprint density at radius 2 is 1.83 bits per heavy atom. The first kappa shape index (κ1) is 24.7. The smallest absolute Gasteiger partial charge is 0.416 e. The van der Waals surface area contributed by atoms with Crippen molar-refractivity contribution in [3.8, 4) is 5.75 Å². The van der Waals surface area contributed by atoms with E-state index in [1.165, 1.54) is 30.0 Å². The first-order valence-corrected chi connectivity index (χ1v) is 12.6. The van der Waals surface area contributed by atoms with Gasteiger partial charge in [0, 0.05) is 16.3 Å². The molecule has 0 saturated heterocycles. The Morgan fingerprint density at radius 3 is 2.51 bits per heavy atom. The SMILES string of the molecule is O=C(O)Nc1ccc2c(c1)N(S(=O)(=O)c1cccc(C(F)(F)F)c1)CC(CSc1ccccc1)O2. The Labute approximate surface area is 203 Å². The number of hydrogen-bond donors (Lipinski definition) is 2. The molecular weight excluding hydrogens is 505 g/mol. The lowest BCUT2D eigenvalue weighted by Gasteiger charge is -2.35. The van der Waals surface area contributed by atoms with Crippen LogP contribution in [0.25, 0.3) is 0 Å². The number of carbonyl (C=O) groups is 1. The number of hydrogen-bond acceptors (Lipinski definition) is 5. The summed E-state index contributed by atoms with van der Waals surface area (Å²) in [6.45, 7) is -0.179. The van der Waals surface area contributed by atoms with Crippen molar-refractivity contribution in [2.24, 2.45) is 0 Å². The van der Waals surface area contributed by atoms with E-state index in [1.807, 2.05) is 30.3 Å². The molecule has 0 aromatic heterocycles. The zero-order chi connectivity index (χ0) is 25.2. The van der Waals surface area contributed by atoms with Gasteiger partial charge in [-0.05, 0) is 48.5 Å². The number of amides is 1. The maximum atomic E-state index is 13.5. The van der Waals surface area contributed by atoms with Gasteiger partial charge in [-0.1, -0.05) is 24.3 Å². The van der Waals surface area contributed by atoms with Gasteiger partial charge in [-0.2, -0.15) is 13.2 Å². The van der Waals surface area contributed by atoms with Gasteiger partial charge in [-0.15, -0.1) is 11.8 Å². The highest BCUT2D eigenvalue weighted by molar-refractivity contribution is 7.99. The summed E-state index contributed by atoms with van der Waals surface area (Å²) in [5.41, 5.74) is -0.986. The molecule has 12 heteroatoms. The summed E-state index contributed by atoms with van der Waals surface area (Å²) in [7, 11) is -4.45. The van der Waals surface area contributed by atoms with E-state index in [1.54, 1.807) is 0 Å². The minimum atomic E-state index is -4.72. The number of thioether (sulfide) groups is 1. The van der Waals surface area contributed by atoms with E-state index in [0.717, 1.165) is 27.4 Å². The van der Waals surface area contributed by atoms with Crippen molar-refractivity contribution in [2.75, 3.05) is 21.9 Å². The summed E-state index contributed by atoms with van der Waals surface area (Å²) < 4.78 is 73.7. The number of ether oxygens (including phenoxy) is 1. The van der Waals surface area contributed by atoms with Crippen LogP contribution in [0.2, 0.25) is 0 Å². The third kappa shape index (κ3) is 5.65. The van der Waals surface area contributed by atoms with Crippen molar-refractivity contribution in [3.05, 3.63) is 78.4 Å². The summed E-state index contributed by atoms with van der Waals surface area (Å²) in [5.74, 6) is 0.536. The third-order valence-corrected chi connectivity index (χ3v) is 7.99. The second kappa shape index (κ2) is 9.70. The van der Waals surface area contributed by atoms with E-state index in [4.69, 9.17) is 9.84 Å². The molecule has 0 aliphatic carbocycles. The van der Waals surface area contributed by atoms with E-state index in [-0.39, 0.29) is 23.7 Å². The normalized spacial score (nSPS) is 15.7. The number of fused-ring (bicyclic) bond motifs is 1. The van der Waals surface area contributed by atoms with Crippen LogP contribution in [0, 0.1) is 0 Å². The number of halogens is 3. The minimum Gasteiger partial charge on any atom is -0.485 e. The van der Waals surface area contributed by atoms with Gasteiger partial charge in [0.05, 0.1) is 22.7 Å². The monoisotopic (exact) mass is 524 g/mol. The van der Waals surface area contributed by atoms with Crippen LogP contribution >= 0.6 is 11.8 Å². The summed E-state index contributed by atoms with van der Waals surface area (Å²) >= 11 is 1.44. The van der Waals surface area contributed by atoms with E-state index < -0.39 is 38.9 Å². The van der Waals surface area contributed by atoms with Gasteiger partial charge in [0.25, 0.3) is 10.0 Å². The predicted octanol–water partition coefficient (Wildman–Crippen LogP) is 5.54. The molecule has 1 aliphatic heterocycles. The fourth-order valence-electron chi connectivity index (χ4n) is 3.49. The average Bonchev–Trinajstić information content (AvgIpc) is 2.82. The zero-order valence-electron chi connectivity index (χ0n) is 17.9. The topological polar surface area (TPSA) is 95.9 Å². The maximum Gasteiger partial charge on any atom is 0.416 e. The molecule has 0 spiro atoms. The molecule has 1 heterocycles. The van der Waals surface area contributed by atoms with Gasteiger partial charge in [0.15, 0.2) is 0 Å². The summed E-state index contributed by atoms with van der Waals surface area (Å²) in [4.78, 5) is 11.5. The Bertz CT molecular complexity index is 1330. The molecule has 0 radical (unpaired) electrons. The molecule has 1 aliphatic rings. The van der Waals surface area contributed by atoms with Gasteiger partial charge in [-0.25, -0.2) is 13.2 Å². The summed E-state index contributed by atoms with van der Waals surface area (Å²) in [6.07, 6.45) is -6.69. The molecule has 1 amide bonds. The van der Waals surface area contributed by atoms with Crippen molar-refractivity contribution in [1.29, 1.82) is 0 Å². The first-order chi connectivity index (χ1) is 16.5. The molecule has 0 fully saturated rings. The van der Waals surface area contributed by atoms with Crippen LogP contribution in [0.4, 0.5) is 29.3 Å². The van der Waals surface area contributed by atoms with E-state index in [0.29, 0.717) is 11.8 Å². The van der Waals surface area contributed by atoms with Crippen LogP contribution in [0.1, 0.15) is 5.56 Å². The second-order valence-corrected chi connectivity index (χ2v) is 10.5. The highest BCUT2D eigenvalue weighted by Gasteiger charge is 2.37. The van der Waals surface area contributed by atoms with Gasteiger partial charge in [0.2, 0.25) is 0 Å². The Balaban J connectivity index is 1.72. The number of benzene rings is 3. The maximum absolute atomic E-state index is 13.5. The lowest BCUT2D eigenvalue weighted by molar-refractivity contribution is -0.137. The lowest BCUT2D eigenvalue weighted by atomic mass is 10.2. The van der Waals surface area contributed by atoms with Crippen molar-refractivity contribution in [2.45, 2.75) is 22.1 Å². The number of nitrogens with zero attached hydrogens (tertiary/aromatic N) is 1. The van der Waals surface area contributed by atoms with Gasteiger partial charge in [0.1, 0.15) is 11.9 Å². The molecule has 1 atom stereocenters.